The number of hydrogen-bond acceptors (Lipinski definition) is 1. The monoisotopic (exact) mass is 540 g/mol. The standard InChI is InChI=1S/C40H32N2/c1-27-13-11-16-29(25-27)41(36-21-9-7-17-31(36)28-14-5-4-6-15-28)30-23-24-37-33(26-30)32-18-12-20-35-39(32)42(37)38-22-10-8-19-34(38)40(35,2)3/h4-26H,1-3H3. The van der Waals surface area contributed by atoms with Crippen LogP contribution in [0.2, 0.25) is 0 Å². The molecule has 0 saturated carbocycles. The van der Waals surface area contributed by atoms with Crippen LogP contribution in [0.1, 0.15) is 30.5 Å². The van der Waals surface area contributed by atoms with E-state index in [1.165, 1.54) is 55.3 Å². The van der Waals surface area contributed by atoms with Crippen LogP contribution in [0.3, 0.4) is 0 Å². The number of fused-ring (bicyclic) bond motifs is 5. The van der Waals surface area contributed by atoms with Gasteiger partial charge in [-0.15, -0.1) is 0 Å². The van der Waals surface area contributed by atoms with Crippen molar-refractivity contribution < 1.29 is 0 Å². The summed E-state index contributed by atoms with van der Waals surface area (Å²) < 4.78 is 2.49. The van der Waals surface area contributed by atoms with Crippen LogP contribution in [0.5, 0.6) is 0 Å². The SMILES string of the molecule is Cc1cccc(N(c2ccc3c(c2)c2cccc4c2n3-c2ccccc2C4(C)C)c2ccccc2-c2ccccc2)c1. The first-order valence-corrected chi connectivity index (χ1v) is 14.7. The minimum Gasteiger partial charge on any atom is -0.310 e. The normalized spacial score (nSPS) is 13.3. The van der Waals surface area contributed by atoms with E-state index in [9.17, 15) is 0 Å². The molecular formula is C40H32N2. The lowest BCUT2D eigenvalue weighted by Gasteiger charge is -2.34. The summed E-state index contributed by atoms with van der Waals surface area (Å²) >= 11 is 0. The van der Waals surface area contributed by atoms with Crippen LogP contribution in [-0.2, 0) is 5.41 Å². The molecule has 8 rings (SSSR count). The molecule has 0 unspecified atom stereocenters. The fourth-order valence-corrected chi connectivity index (χ4v) is 7.02. The number of aryl methyl sites for hydroxylation is 1. The predicted octanol–water partition coefficient (Wildman–Crippen LogP) is 10.9. The summed E-state index contributed by atoms with van der Waals surface area (Å²) in [5, 5.41) is 2.57. The number of hydrogen-bond donors (Lipinski definition) is 0. The van der Waals surface area contributed by atoms with Crippen LogP contribution in [0.25, 0.3) is 38.6 Å². The van der Waals surface area contributed by atoms with Crippen LogP contribution in [0, 0.1) is 6.92 Å². The number of para-hydroxylation sites is 3. The second kappa shape index (κ2) is 9.22. The molecule has 0 fully saturated rings. The van der Waals surface area contributed by atoms with Gasteiger partial charge in [0.1, 0.15) is 0 Å². The molecule has 0 bridgehead atoms. The van der Waals surface area contributed by atoms with E-state index in [0.717, 1.165) is 17.1 Å². The highest BCUT2D eigenvalue weighted by molar-refractivity contribution is 6.13. The third-order valence-electron chi connectivity index (χ3n) is 9.01. The second-order valence-corrected chi connectivity index (χ2v) is 11.9. The molecule has 6 aromatic carbocycles. The third kappa shape index (κ3) is 3.58. The quantitative estimate of drug-likeness (QED) is 0.216. The molecule has 0 atom stereocenters. The Balaban J connectivity index is 1.43. The molecule has 1 aliphatic heterocycles. The minimum absolute atomic E-state index is 0.0778. The molecule has 1 aliphatic rings. The molecule has 0 saturated heterocycles. The molecule has 2 heteroatoms. The van der Waals surface area contributed by atoms with Crippen molar-refractivity contribution in [1.82, 2.24) is 4.57 Å². The highest BCUT2D eigenvalue weighted by atomic mass is 15.1. The van der Waals surface area contributed by atoms with Crippen molar-refractivity contribution in [1.29, 1.82) is 0 Å². The fraction of sp³-hybridized carbons (Fsp3) is 0.100. The minimum atomic E-state index is -0.0778. The van der Waals surface area contributed by atoms with Gasteiger partial charge in [0.25, 0.3) is 0 Å². The predicted molar refractivity (Wildman–Crippen MR) is 178 cm³/mol. The maximum absolute atomic E-state index is 2.49. The average molecular weight is 541 g/mol. The molecule has 42 heavy (non-hydrogen) atoms. The van der Waals surface area contributed by atoms with Gasteiger partial charge in [-0.2, -0.15) is 0 Å². The second-order valence-electron chi connectivity index (χ2n) is 11.9. The van der Waals surface area contributed by atoms with E-state index in [1.807, 2.05) is 0 Å². The third-order valence-corrected chi connectivity index (χ3v) is 9.01. The number of nitrogens with zero attached hydrogens (tertiary/aromatic N) is 2. The average Bonchev–Trinajstić information content (AvgIpc) is 3.35. The lowest BCUT2D eigenvalue weighted by Crippen LogP contribution is -2.26. The van der Waals surface area contributed by atoms with E-state index >= 15 is 0 Å². The Morgan fingerprint density at radius 3 is 2.14 bits per heavy atom. The fourth-order valence-electron chi connectivity index (χ4n) is 7.02. The summed E-state index contributed by atoms with van der Waals surface area (Å²) in [5.74, 6) is 0. The van der Waals surface area contributed by atoms with Crippen LogP contribution < -0.4 is 4.90 Å². The van der Waals surface area contributed by atoms with E-state index in [1.54, 1.807) is 0 Å². The zero-order chi connectivity index (χ0) is 28.4. The van der Waals surface area contributed by atoms with Crippen molar-refractivity contribution >= 4 is 38.9 Å². The van der Waals surface area contributed by atoms with Crippen LogP contribution in [0.15, 0.2) is 140 Å². The summed E-state index contributed by atoms with van der Waals surface area (Å²) in [4.78, 5) is 2.42. The number of anilines is 3. The molecule has 0 spiro atoms. The molecule has 0 aliphatic carbocycles. The summed E-state index contributed by atoms with van der Waals surface area (Å²) in [6.07, 6.45) is 0. The smallest absolute Gasteiger partial charge is 0.0582 e. The molecular weight excluding hydrogens is 508 g/mol. The van der Waals surface area contributed by atoms with Gasteiger partial charge >= 0.3 is 0 Å². The maximum atomic E-state index is 2.49. The van der Waals surface area contributed by atoms with Gasteiger partial charge in [-0.25, -0.2) is 0 Å². The number of aromatic nitrogens is 1. The van der Waals surface area contributed by atoms with Crippen molar-refractivity contribution in [2.45, 2.75) is 26.2 Å². The Morgan fingerprint density at radius 2 is 1.29 bits per heavy atom. The van der Waals surface area contributed by atoms with Gasteiger partial charge in [-0.05, 0) is 71.6 Å². The zero-order valence-electron chi connectivity index (χ0n) is 24.2. The Kier molecular flexibility index (Phi) is 5.42. The van der Waals surface area contributed by atoms with Gasteiger partial charge in [-0.3, -0.25) is 0 Å². The van der Waals surface area contributed by atoms with Crippen molar-refractivity contribution in [2.24, 2.45) is 0 Å². The molecule has 0 N–H and O–H groups in total. The van der Waals surface area contributed by atoms with Gasteiger partial charge in [0.15, 0.2) is 0 Å². The van der Waals surface area contributed by atoms with Crippen LogP contribution in [-0.4, -0.2) is 4.57 Å². The lowest BCUT2D eigenvalue weighted by atomic mass is 9.75. The van der Waals surface area contributed by atoms with E-state index < -0.39 is 0 Å². The molecule has 0 radical (unpaired) electrons. The van der Waals surface area contributed by atoms with Crippen molar-refractivity contribution in [3.8, 4) is 16.8 Å². The summed E-state index contributed by atoms with van der Waals surface area (Å²) in [5.41, 5.74) is 13.6. The van der Waals surface area contributed by atoms with Crippen molar-refractivity contribution in [2.75, 3.05) is 4.90 Å². The molecule has 2 nitrogen and oxygen atoms in total. The number of rotatable bonds is 4. The summed E-state index contributed by atoms with van der Waals surface area (Å²) in [6.45, 7) is 6.87. The molecule has 0 amide bonds. The highest BCUT2D eigenvalue weighted by Gasteiger charge is 2.34. The van der Waals surface area contributed by atoms with Crippen molar-refractivity contribution in [3.63, 3.8) is 0 Å². The largest absolute Gasteiger partial charge is 0.310 e. The summed E-state index contributed by atoms with van der Waals surface area (Å²) in [6, 6.07) is 51.0. The molecule has 202 valence electrons. The Bertz CT molecular complexity index is 2130. The van der Waals surface area contributed by atoms with Gasteiger partial charge in [-0.1, -0.05) is 111 Å². The van der Waals surface area contributed by atoms with Gasteiger partial charge in [0, 0.05) is 33.1 Å². The van der Waals surface area contributed by atoms with E-state index in [-0.39, 0.29) is 5.41 Å². The lowest BCUT2D eigenvalue weighted by molar-refractivity contribution is 0.630. The van der Waals surface area contributed by atoms with E-state index in [4.69, 9.17) is 0 Å². The van der Waals surface area contributed by atoms with E-state index in [2.05, 4.69) is 170 Å². The van der Waals surface area contributed by atoms with Crippen molar-refractivity contribution in [3.05, 3.63) is 156 Å². The first-order valence-electron chi connectivity index (χ1n) is 14.7. The number of benzene rings is 6. The summed E-state index contributed by atoms with van der Waals surface area (Å²) in [7, 11) is 0. The molecule has 7 aromatic rings. The Hall–Kier alpha value is -5.08. The van der Waals surface area contributed by atoms with Crippen LogP contribution in [0.4, 0.5) is 17.1 Å². The first kappa shape index (κ1) is 24.7. The van der Waals surface area contributed by atoms with Gasteiger partial charge < -0.3 is 9.47 Å². The Labute approximate surface area is 247 Å². The molecule has 1 aromatic heterocycles. The zero-order valence-corrected chi connectivity index (χ0v) is 24.2. The van der Waals surface area contributed by atoms with E-state index in [0.29, 0.717) is 0 Å². The van der Waals surface area contributed by atoms with Gasteiger partial charge in [0.05, 0.1) is 22.4 Å². The highest BCUT2D eigenvalue weighted by Crippen LogP contribution is 2.49. The van der Waals surface area contributed by atoms with Crippen LogP contribution >= 0.6 is 0 Å². The molecule has 2 heterocycles. The Morgan fingerprint density at radius 1 is 0.571 bits per heavy atom. The first-order chi connectivity index (χ1) is 20.5. The maximum Gasteiger partial charge on any atom is 0.0582 e. The topological polar surface area (TPSA) is 8.17 Å². The van der Waals surface area contributed by atoms with Gasteiger partial charge in [0.2, 0.25) is 0 Å².